The summed E-state index contributed by atoms with van der Waals surface area (Å²) in [5.41, 5.74) is 0.0755. The maximum absolute atomic E-state index is 14.2. The molecule has 0 unspecified atom stereocenters. The predicted octanol–water partition coefficient (Wildman–Crippen LogP) is 14.3. The quantitative estimate of drug-likeness (QED) is 0.118. The summed E-state index contributed by atoms with van der Waals surface area (Å²) >= 11 is 0. The topological polar surface area (TPSA) is 92.7 Å². The number of nitrogens with zero attached hydrogens (tertiary/aromatic N) is 10. The van der Waals surface area contributed by atoms with Crippen molar-refractivity contribution in [2.75, 3.05) is 23.9 Å². The Kier molecular flexibility index (Phi) is 21.4. The van der Waals surface area contributed by atoms with Crippen LogP contribution in [0.1, 0.15) is 64.1 Å². The zero-order valence-electron chi connectivity index (χ0n) is 44.4. The van der Waals surface area contributed by atoms with Gasteiger partial charge in [0.15, 0.2) is 0 Å². The van der Waals surface area contributed by atoms with Crippen LogP contribution in [-0.2, 0) is 63.4 Å². The second kappa shape index (κ2) is 26.8. The van der Waals surface area contributed by atoms with Gasteiger partial charge in [-0.05, 0) is 96.5 Å². The van der Waals surface area contributed by atoms with E-state index in [4.69, 9.17) is 0 Å². The van der Waals surface area contributed by atoms with Crippen molar-refractivity contribution in [3.63, 3.8) is 0 Å². The number of rotatable bonds is 6. The number of anilines is 2. The Labute approximate surface area is 492 Å². The summed E-state index contributed by atoms with van der Waals surface area (Å²) in [6, 6.07) is 30.8. The van der Waals surface area contributed by atoms with Gasteiger partial charge in [0.25, 0.3) is 0 Å². The molecule has 0 fully saturated rings. The fraction of sp³-hybridized carbons (Fsp3) is 0.207. The van der Waals surface area contributed by atoms with Crippen LogP contribution in [0.5, 0.6) is 0 Å². The first-order valence-corrected chi connectivity index (χ1v) is 23.8. The zero-order chi connectivity index (χ0) is 58.5. The molecule has 24 heteroatoms. The number of aromatic nitrogens is 6. The number of hydrogen-bond acceptors (Lipinski definition) is 8. The summed E-state index contributed by atoms with van der Waals surface area (Å²) in [5.74, 6) is -3.85. The van der Waals surface area contributed by atoms with Crippen LogP contribution in [0, 0.1) is 72.5 Å². The van der Waals surface area contributed by atoms with Gasteiger partial charge in [-0.3, -0.25) is 36.3 Å². The molecule has 0 aliphatic carbocycles. The van der Waals surface area contributed by atoms with Crippen molar-refractivity contribution in [2.24, 2.45) is 0 Å². The monoisotopic (exact) mass is 1500 g/mol. The molecule has 2 aliphatic rings. The van der Waals surface area contributed by atoms with E-state index in [1.807, 2.05) is 113 Å². The van der Waals surface area contributed by atoms with Crippen LogP contribution in [0.3, 0.4) is 0 Å². The Balaban J connectivity index is 0.000000209. The number of halogens is 12. The van der Waals surface area contributed by atoms with Gasteiger partial charge in [-0.1, -0.05) is 88.3 Å². The van der Waals surface area contributed by atoms with Gasteiger partial charge in [0.05, 0.1) is 0 Å². The number of pyridine rings is 2. The molecule has 8 aromatic rings. The minimum absolute atomic E-state index is 0. The Morgan fingerprint density at radius 2 is 0.780 bits per heavy atom. The molecule has 0 saturated carbocycles. The van der Waals surface area contributed by atoms with E-state index in [1.54, 1.807) is 36.4 Å². The van der Waals surface area contributed by atoms with Crippen LogP contribution in [0.4, 0.5) is 64.1 Å². The Morgan fingerprint density at radius 3 is 1.05 bits per heavy atom. The molecule has 10 nitrogen and oxygen atoms in total. The minimum Gasteiger partial charge on any atom is -0.573 e. The van der Waals surface area contributed by atoms with Gasteiger partial charge < -0.3 is 40.0 Å². The molecular weight excluding hydrogens is 1450 g/mol. The smallest absolute Gasteiger partial charge is 0.431 e. The molecule has 2 radical (unpaired) electrons. The van der Waals surface area contributed by atoms with Crippen LogP contribution in [0.25, 0.3) is 45.3 Å². The van der Waals surface area contributed by atoms with Crippen LogP contribution in [-0.4, -0.2) is 44.1 Å². The normalized spacial score (nSPS) is 13.1. The molecule has 6 heterocycles. The number of hydrogen-bond donors (Lipinski definition) is 0. The number of benzene rings is 4. The van der Waals surface area contributed by atoms with Gasteiger partial charge in [0.2, 0.25) is 0 Å². The maximum Gasteiger partial charge on any atom is 0.431 e. The van der Waals surface area contributed by atoms with E-state index < -0.39 is 57.8 Å². The van der Waals surface area contributed by atoms with Gasteiger partial charge in [-0.2, -0.15) is 51.8 Å². The van der Waals surface area contributed by atoms with Crippen molar-refractivity contribution in [3.8, 4) is 45.3 Å². The average molecular weight is 1500 g/mol. The molecule has 2 aliphatic heterocycles. The van der Waals surface area contributed by atoms with Crippen LogP contribution in [0.15, 0.2) is 122 Å². The van der Waals surface area contributed by atoms with Gasteiger partial charge in [0, 0.05) is 86.5 Å². The molecule has 10 rings (SSSR count). The van der Waals surface area contributed by atoms with E-state index in [0.29, 0.717) is 23.3 Å². The van der Waals surface area contributed by atoms with Crippen molar-refractivity contribution in [1.82, 2.24) is 40.2 Å². The van der Waals surface area contributed by atoms with Gasteiger partial charge in [-0.25, -0.2) is 0 Å². The van der Waals surface area contributed by atoms with Crippen molar-refractivity contribution >= 4 is 11.4 Å². The van der Waals surface area contributed by atoms with E-state index in [-0.39, 0.29) is 97.1 Å². The van der Waals surface area contributed by atoms with Crippen molar-refractivity contribution in [1.29, 1.82) is 0 Å². The van der Waals surface area contributed by atoms with Crippen molar-refractivity contribution in [2.45, 2.75) is 64.7 Å². The van der Waals surface area contributed by atoms with Gasteiger partial charge >= 0.3 is 12.4 Å². The van der Waals surface area contributed by atoms with E-state index in [1.165, 1.54) is 24.3 Å². The molecule has 0 amide bonds. The SMILES string of the molecule is CC(C)(C)c1cc(-c2cc(C(F)(F)F)n[n-]2)nc(-c2[c-]cc(F)cc2F)c1.CC(C)(C)c1cc(-c2cc(C(F)(F)F)n[n-]2)nc(-c2[c-]cc(F)cc2F)c1.CN1C=CN(c2[c-]cc(F)cc2)[CH-]1.CN1C=CN(c2[c-]cc(F)cc2)[CH-]1.[Ir].[Ir]. The Hall–Kier alpha value is -7.26. The zero-order valence-corrected chi connectivity index (χ0v) is 49.2. The first-order valence-electron chi connectivity index (χ1n) is 23.8. The molecule has 438 valence electrons. The van der Waals surface area contributed by atoms with Crippen LogP contribution >= 0.6 is 0 Å². The molecule has 0 N–H and O–H groups in total. The molecule has 0 bridgehead atoms. The second-order valence-electron chi connectivity index (χ2n) is 19.8. The van der Waals surface area contributed by atoms with E-state index in [2.05, 4.69) is 54.6 Å². The van der Waals surface area contributed by atoms with Crippen LogP contribution < -0.4 is 20.0 Å². The predicted molar refractivity (Wildman–Crippen MR) is 275 cm³/mol. The van der Waals surface area contributed by atoms with Crippen molar-refractivity contribution < 1.29 is 92.9 Å². The molecule has 82 heavy (non-hydrogen) atoms. The van der Waals surface area contributed by atoms with Gasteiger partial charge in [-0.15, -0.1) is 72.0 Å². The molecular formula is C58H46F12Ir2N10-8. The fourth-order valence-electron chi connectivity index (χ4n) is 7.15. The largest absolute Gasteiger partial charge is 0.573 e. The maximum atomic E-state index is 14.2. The van der Waals surface area contributed by atoms with Gasteiger partial charge in [0.1, 0.15) is 11.4 Å². The molecule has 0 atom stereocenters. The summed E-state index contributed by atoms with van der Waals surface area (Å²) in [6.07, 6.45) is -1.65. The summed E-state index contributed by atoms with van der Waals surface area (Å²) in [5, 5.41) is 13.4. The molecule has 4 aromatic heterocycles. The summed E-state index contributed by atoms with van der Waals surface area (Å²) in [7, 11) is 3.86. The van der Waals surface area contributed by atoms with E-state index in [0.717, 1.165) is 35.6 Å². The summed E-state index contributed by atoms with van der Waals surface area (Å²) in [6.45, 7) is 15.1. The third-order valence-electron chi connectivity index (χ3n) is 11.4. The fourth-order valence-corrected chi connectivity index (χ4v) is 7.15. The third-order valence-corrected chi connectivity index (χ3v) is 11.4. The van der Waals surface area contributed by atoms with Crippen LogP contribution in [0.2, 0.25) is 0 Å². The molecule has 0 spiro atoms. The summed E-state index contributed by atoms with van der Waals surface area (Å²) < 4.78 is 157. The summed E-state index contributed by atoms with van der Waals surface area (Å²) in [4.78, 5) is 16.0. The van der Waals surface area contributed by atoms with E-state index in [9.17, 15) is 52.7 Å². The third kappa shape index (κ3) is 17.4. The molecule has 0 saturated heterocycles. The van der Waals surface area contributed by atoms with E-state index >= 15 is 0 Å². The number of alkyl halides is 6. The molecule has 4 aromatic carbocycles. The first-order chi connectivity index (χ1) is 37.4. The standard InChI is InChI=1S/2C19H14F5N3.2C10H9FN2.2Ir/c2*1-18(2,3)10-6-14(12-5-4-11(20)8-13(12)21)25-15(7-10)16-9-17(27-26-16)19(22,23)24;2*1-12-6-7-13(8-12)10-4-2-9(11)3-5-10;;/h2*4,6-9H,1-3H3;2*2-4,6-8H,1H3;;/q4*-2;;. The minimum atomic E-state index is -4.63. The average Bonchev–Trinajstić information content (AvgIpc) is 4.25. The Morgan fingerprint density at radius 1 is 0.439 bits per heavy atom. The van der Waals surface area contributed by atoms with Crippen molar-refractivity contribution in [3.05, 3.63) is 217 Å². The Bertz CT molecular complexity index is 3250. The second-order valence-corrected chi connectivity index (χ2v) is 19.8. The first kappa shape index (κ1) is 65.5.